The molecule has 1 aromatic carbocycles. The molecule has 1 heterocycles. The van der Waals surface area contributed by atoms with E-state index in [9.17, 15) is 4.39 Å². The minimum absolute atomic E-state index is 0. The van der Waals surface area contributed by atoms with E-state index in [0.717, 1.165) is 37.6 Å². The van der Waals surface area contributed by atoms with Gasteiger partial charge in [0.15, 0.2) is 5.96 Å². The highest BCUT2D eigenvalue weighted by Crippen LogP contribution is 2.07. The van der Waals surface area contributed by atoms with Crippen LogP contribution in [0.3, 0.4) is 0 Å². The zero-order valence-corrected chi connectivity index (χ0v) is 13.6. The van der Waals surface area contributed by atoms with Gasteiger partial charge in [0.05, 0.1) is 0 Å². The van der Waals surface area contributed by atoms with Gasteiger partial charge in [0.2, 0.25) is 0 Å². The summed E-state index contributed by atoms with van der Waals surface area (Å²) in [6.07, 6.45) is 3.29. The molecule has 3 nitrogen and oxygen atoms in total. The van der Waals surface area contributed by atoms with Gasteiger partial charge < -0.3 is 10.2 Å². The van der Waals surface area contributed by atoms with Crippen molar-refractivity contribution in [3.8, 4) is 0 Å². The Balaban J connectivity index is 0.00000180. The van der Waals surface area contributed by atoms with Crippen molar-refractivity contribution in [3.05, 3.63) is 35.6 Å². The number of likely N-dealkylation sites (tertiary alicyclic amines) is 1. The summed E-state index contributed by atoms with van der Waals surface area (Å²) in [6, 6.07) is 6.75. The molecule has 1 N–H and O–H groups in total. The molecule has 0 aromatic heterocycles. The molecule has 0 spiro atoms. The minimum atomic E-state index is -0.170. The van der Waals surface area contributed by atoms with Gasteiger partial charge in [-0.1, -0.05) is 12.1 Å². The average Bonchev–Trinajstić information content (AvgIpc) is 2.88. The summed E-state index contributed by atoms with van der Waals surface area (Å²) >= 11 is 0. The predicted molar refractivity (Wildman–Crippen MR) is 87.7 cm³/mol. The average molecular weight is 377 g/mol. The van der Waals surface area contributed by atoms with Gasteiger partial charge >= 0.3 is 0 Å². The van der Waals surface area contributed by atoms with E-state index >= 15 is 0 Å². The molecule has 19 heavy (non-hydrogen) atoms. The second kappa shape index (κ2) is 8.35. The normalized spacial score (nSPS) is 15.3. The third-order valence-electron chi connectivity index (χ3n) is 3.20. The molecule has 1 fully saturated rings. The van der Waals surface area contributed by atoms with Crippen LogP contribution in [-0.4, -0.2) is 37.5 Å². The fraction of sp³-hybridized carbons (Fsp3) is 0.500. The van der Waals surface area contributed by atoms with Crippen LogP contribution in [0.4, 0.5) is 4.39 Å². The van der Waals surface area contributed by atoms with Crippen LogP contribution in [0.25, 0.3) is 0 Å². The molecule has 1 aliphatic rings. The fourth-order valence-corrected chi connectivity index (χ4v) is 2.27. The van der Waals surface area contributed by atoms with Crippen LogP contribution in [0.1, 0.15) is 18.4 Å². The van der Waals surface area contributed by atoms with Crippen molar-refractivity contribution in [1.82, 2.24) is 10.2 Å². The predicted octanol–water partition coefficient (Wildman–Crippen LogP) is 2.66. The molecular weight excluding hydrogens is 356 g/mol. The second-order valence-corrected chi connectivity index (χ2v) is 4.55. The zero-order chi connectivity index (χ0) is 12.8. The van der Waals surface area contributed by atoms with Crippen LogP contribution in [0.2, 0.25) is 0 Å². The molecule has 5 heteroatoms. The maximum absolute atomic E-state index is 13.0. The van der Waals surface area contributed by atoms with Crippen molar-refractivity contribution in [2.24, 2.45) is 4.99 Å². The lowest BCUT2D eigenvalue weighted by Crippen LogP contribution is -2.40. The first kappa shape index (κ1) is 16.2. The third kappa shape index (κ3) is 4.97. The lowest BCUT2D eigenvalue weighted by Gasteiger charge is -2.20. The van der Waals surface area contributed by atoms with Gasteiger partial charge in [-0.05, 0) is 37.0 Å². The number of rotatable bonds is 3. The smallest absolute Gasteiger partial charge is 0.193 e. The van der Waals surface area contributed by atoms with Crippen LogP contribution in [0, 0.1) is 5.82 Å². The summed E-state index contributed by atoms with van der Waals surface area (Å²) in [4.78, 5) is 6.55. The topological polar surface area (TPSA) is 27.6 Å². The summed E-state index contributed by atoms with van der Waals surface area (Å²) in [7, 11) is 1.81. The fourth-order valence-electron chi connectivity index (χ4n) is 2.27. The van der Waals surface area contributed by atoms with Crippen LogP contribution in [-0.2, 0) is 6.42 Å². The summed E-state index contributed by atoms with van der Waals surface area (Å²) in [5.41, 5.74) is 1.01. The number of benzene rings is 1. The van der Waals surface area contributed by atoms with E-state index in [2.05, 4.69) is 15.2 Å². The first-order valence-electron chi connectivity index (χ1n) is 6.49. The van der Waals surface area contributed by atoms with Gasteiger partial charge in [-0.15, -0.1) is 24.0 Å². The highest BCUT2D eigenvalue weighted by molar-refractivity contribution is 14.0. The number of halogens is 2. The van der Waals surface area contributed by atoms with Crippen LogP contribution < -0.4 is 5.32 Å². The van der Waals surface area contributed by atoms with Crippen molar-refractivity contribution in [1.29, 1.82) is 0 Å². The van der Waals surface area contributed by atoms with E-state index in [1.165, 1.54) is 18.9 Å². The van der Waals surface area contributed by atoms with Crippen molar-refractivity contribution < 1.29 is 4.39 Å². The van der Waals surface area contributed by atoms with E-state index in [0.29, 0.717) is 0 Å². The molecule has 1 aromatic rings. The Morgan fingerprint density at radius 2 is 2.11 bits per heavy atom. The Labute approximate surface area is 131 Å². The van der Waals surface area contributed by atoms with Gasteiger partial charge in [-0.2, -0.15) is 0 Å². The quantitative estimate of drug-likeness (QED) is 0.498. The SMILES string of the molecule is CN=C(NCCc1cccc(F)c1)N1CCCC1.I. The lowest BCUT2D eigenvalue weighted by molar-refractivity contribution is 0.494. The molecule has 1 saturated heterocycles. The maximum atomic E-state index is 13.0. The first-order valence-corrected chi connectivity index (χ1v) is 6.49. The number of guanidine groups is 1. The van der Waals surface area contributed by atoms with Gasteiger partial charge in [0.1, 0.15) is 5.82 Å². The summed E-state index contributed by atoms with van der Waals surface area (Å²) in [6.45, 7) is 2.95. The Morgan fingerprint density at radius 1 is 1.37 bits per heavy atom. The Morgan fingerprint density at radius 3 is 2.74 bits per heavy atom. The van der Waals surface area contributed by atoms with E-state index < -0.39 is 0 Å². The van der Waals surface area contributed by atoms with E-state index in [1.807, 2.05) is 13.1 Å². The number of hydrogen-bond donors (Lipinski definition) is 1. The van der Waals surface area contributed by atoms with Crippen LogP contribution >= 0.6 is 24.0 Å². The second-order valence-electron chi connectivity index (χ2n) is 4.55. The number of hydrogen-bond acceptors (Lipinski definition) is 1. The minimum Gasteiger partial charge on any atom is -0.356 e. The van der Waals surface area contributed by atoms with E-state index in [4.69, 9.17) is 0 Å². The summed E-state index contributed by atoms with van der Waals surface area (Å²) in [5, 5.41) is 3.33. The molecule has 0 saturated carbocycles. The van der Waals surface area contributed by atoms with Gasteiger partial charge in [-0.3, -0.25) is 4.99 Å². The highest BCUT2D eigenvalue weighted by atomic mass is 127. The summed E-state index contributed by atoms with van der Waals surface area (Å²) in [5.74, 6) is 0.792. The summed E-state index contributed by atoms with van der Waals surface area (Å²) < 4.78 is 13.0. The van der Waals surface area contributed by atoms with Gasteiger partial charge in [0.25, 0.3) is 0 Å². The number of aliphatic imine (C=N–C) groups is 1. The molecule has 1 aliphatic heterocycles. The molecular formula is C14H21FIN3. The van der Waals surface area contributed by atoms with Gasteiger partial charge in [-0.25, -0.2) is 4.39 Å². The molecule has 2 rings (SSSR count). The van der Waals surface area contributed by atoms with Gasteiger partial charge in [0, 0.05) is 26.7 Å². The van der Waals surface area contributed by atoms with Crippen molar-refractivity contribution in [2.45, 2.75) is 19.3 Å². The maximum Gasteiger partial charge on any atom is 0.193 e. The lowest BCUT2D eigenvalue weighted by atomic mass is 10.1. The van der Waals surface area contributed by atoms with Crippen molar-refractivity contribution in [3.63, 3.8) is 0 Å². The molecule has 0 unspecified atom stereocenters. The molecule has 0 bridgehead atoms. The molecule has 0 atom stereocenters. The van der Waals surface area contributed by atoms with E-state index in [1.54, 1.807) is 12.1 Å². The highest BCUT2D eigenvalue weighted by Gasteiger charge is 2.14. The molecule has 106 valence electrons. The third-order valence-corrected chi connectivity index (χ3v) is 3.20. The molecule has 0 aliphatic carbocycles. The standard InChI is InChI=1S/C14H20FN3.HI/c1-16-14(18-9-2-3-10-18)17-8-7-12-5-4-6-13(15)11-12;/h4-6,11H,2-3,7-10H2,1H3,(H,16,17);1H. The largest absolute Gasteiger partial charge is 0.356 e. The van der Waals surface area contributed by atoms with E-state index in [-0.39, 0.29) is 29.8 Å². The van der Waals surface area contributed by atoms with Crippen LogP contribution in [0.15, 0.2) is 29.3 Å². The van der Waals surface area contributed by atoms with Crippen LogP contribution in [0.5, 0.6) is 0 Å². The first-order chi connectivity index (χ1) is 8.79. The monoisotopic (exact) mass is 377 g/mol. The number of nitrogens with zero attached hydrogens (tertiary/aromatic N) is 2. The van der Waals surface area contributed by atoms with Crippen molar-refractivity contribution in [2.75, 3.05) is 26.7 Å². The van der Waals surface area contributed by atoms with Crippen molar-refractivity contribution >= 4 is 29.9 Å². The zero-order valence-electron chi connectivity index (χ0n) is 11.2. The Hall–Kier alpha value is -0.850. The number of nitrogens with one attached hydrogen (secondary N) is 1. The Bertz CT molecular complexity index is 417. The molecule has 0 radical (unpaired) electrons. The Kier molecular flexibility index (Phi) is 7.12. The molecule has 0 amide bonds.